The molecule has 30 heavy (non-hydrogen) atoms. The summed E-state index contributed by atoms with van der Waals surface area (Å²) >= 11 is 3.90. The fourth-order valence-corrected chi connectivity index (χ4v) is 3.39. The van der Waals surface area contributed by atoms with Crippen molar-refractivity contribution in [2.24, 2.45) is 5.73 Å². The highest BCUT2D eigenvalue weighted by Crippen LogP contribution is 2.19. The number of likely N-dealkylation sites (tertiary alicyclic amines) is 1. The molecule has 1 aliphatic heterocycles. The van der Waals surface area contributed by atoms with Crippen LogP contribution in [0.15, 0.2) is 12.5 Å². The summed E-state index contributed by atoms with van der Waals surface area (Å²) in [6, 6.07) is -4.34. The fourth-order valence-electron chi connectivity index (χ4n) is 3.15. The van der Waals surface area contributed by atoms with Crippen molar-refractivity contribution in [1.29, 1.82) is 0 Å². The number of hydrogen-bond donors (Lipinski definition) is 7. The van der Waals surface area contributed by atoms with Gasteiger partial charge in [-0.3, -0.25) is 14.4 Å². The van der Waals surface area contributed by atoms with Gasteiger partial charge in [0.1, 0.15) is 18.1 Å². The van der Waals surface area contributed by atoms with Crippen molar-refractivity contribution in [3.8, 4) is 0 Å². The molecule has 1 aromatic rings. The standard InChI is InChI=1S/C17H26N6O6S/c18-10(4-9-5-19-8-20-9)14(25)21-11(6-24)16(27)23-3-1-2-13(23)15(26)22-12(7-30)17(28)29/h5,8,10-13,24,30H,1-4,6-7,18H2,(H,19,20)(H,21,25)(H,22,26)(H,28,29). The second kappa shape index (κ2) is 10.9. The van der Waals surface area contributed by atoms with Crippen molar-refractivity contribution in [2.75, 3.05) is 18.9 Å². The van der Waals surface area contributed by atoms with Crippen LogP contribution in [0.25, 0.3) is 0 Å². The van der Waals surface area contributed by atoms with Crippen LogP contribution >= 0.6 is 12.6 Å². The lowest BCUT2D eigenvalue weighted by Gasteiger charge is -2.29. The van der Waals surface area contributed by atoms with Crippen LogP contribution in [0.3, 0.4) is 0 Å². The second-order valence-corrected chi connectivity index (χ2v) is 7.27. The molecule has 0 spiro atoms. The maximum Gasteiger partial charge on any atom is 0.327 e. The highest BCUT2D eigenvalue weighted by atomic mass is 32.1. The summed E-state index contributed by atoms with van der Waals surface area (Å²) in [6.45, 7) is -0.442. The number of hydrogen-bond acceptors (Lipinski definition) is 8. The number of nitrogens with two attached hydrogens (primary N) is 1. The van der Waals surface area contributed by atoms with E-state index in [4.69, 9.17) is 10.8 Å². The Hall–Kier alpha value is -2.64. The number of carboxylic acid groups (broad SMARTS) is 1. The molecule has 1 aromatic heterocycles. The van der Waals surface area contributed by atoms with Gasteiger partial charge in [0.05, 0.1) is 19.0 Å². The number of aliphatic carboxylic acids is 1. The van der Waals surface area contributed by atoms with Crippen LogP contribution in [0, 0.1) is 0 Å². The number of aliphatic hydroxyl groups excluding tert-OH is 1. The van der Waals surface area contributed by atoms with Crippen LogP contribution in [-0.4, -0.2) is 91.8 Å². The Morgan fingerprint density at radius 2 is 2.07 bits per heavy atom. The van der Waals surface area contributed by atoms with Crippen molar-refractivity contribution in [1.82, 2.24) is 25.5 Å². The molecule has 4 atom stereocenters. The van der Waals surface area contributed by atoms with Gasteiger partial charge < -0.3 is 36.5 Å². The van der Waals surface area contributed by atoms with Crippen LogP contribution < -0.4 is 16.4 Å². The van der Waals surface area contributed by atoms with E-state index in [0.717, 1.165) is 0 Å². The van der Waals surface area contributed by atoms with E-state index < -0.39 is 54.5 Å². The van der Waals surface area contributed by atoms with Crippen LogP contribution in [-0.2, 0) is 25.6 Å². The number of rotatable bonds is 10. The average molecular weight is 442 g/mol. The minimum absolute atomic E-state index is 0.106. The van der Waals surface area contributed by atoms with E-state index in [1.807, 2.05) is 0 Å². The molecule has 1 saturated heterocycles. The molecule has 7 N–H and O–H groups in total. The molecule has 2 heterocycles. The molecule has 3 amide bonds. The number of aromatic nitrogens is 2. The summed E-state index contributed by atoms with van der Waals surface area (Å²) < 4.78 is 0. The largest absolute Gasteiger partial charge is 0.480 e. The zero-order chi connectivity index (χ0) is 22.3. The molecule has 2 rings (SSSR count). The molecule has 1 aliphatic rings. The zero-order valence-electron chi connectivity index (χ0n) is 16.2. The molecule has 0 bridgehead atoms. The third-order valence-electron chi connectivity index (χ3n) is 4.76. The summed E-state index contributed by atoms with van der Waals surface area (Å²) in [7, 11) is 0. The molecular weight excluding hydrogens is 416 g/mol. The lowest BCUT2D eigenvalue weighted by Crippen LogP contribution is -2.58. The van der Waals surface area contributed by atoms with Gasteiger partial charge >= 0.3 is 5.97 Å². The molecule has 13 heteroatoms. The highest BCUT2D eigenvalue weighted by Gasteiger charge is 2.38. The van der Waals surface area contributed by atoms with E-state index in [-0.39, 0.29) is 18.7 Å². The third kappa shape index (κ3) is 5.93. The van der Waals surface area contributed by atoms with Gasteiger partial charge in [0.15, 0.2) is 0 Å². The Kier molecular flexibility index (Phi) is 8.62. The molecule has 4 unspecified atom stereocenters. The third-order valence-corrected chi connectivity index (χ3v) is 5.13. The predicted octanol–water partition coefficient (Wildman–Crippen LogP) is -2.75. The normalized spacial score (nSPS) is 19.0. The Morgan fingerprint density at radius 1 is 1.33 bits per heavy atom. The molecule has 166 valence electrons. The first-order valence-corrected chi connectivity index (χ1v) is 10.00. The smallest absolute Gasteiger partial charge is 0.327 e. The Morgan fingerprint density at radius 3 is 2.63 bits per heavy atom. The molecule has 1 fully saturated rings. The van der Waals surface area contributed by atoms with Gasteiger partial charge in [-0.25, -0.2) is 9.78 Å². The maximum atomic E-state index is 12.8. The number of nitrogens with zero attached hydrogens (tertiary/aromatic N) is 2. The van der Waals surface area contributed by atoms with Gasteiger partial charge in [-0.2, -0.15) is 12.6 Å². The first kappa shape index (κ1) is 23.6. The van der Waals surface area contributed by atoms with Gasteiger partial charge in [0.25, 0.3) is 0 Å². The van der Waals surface area contributed by atoms with E-state index in [2.05, 4.69) is 33.2 Å². The number of carboxylic acids is 1. The first-order chi connectivity index (χ1) is 14.3. The van der Waals surface area contributed by atoms with Crippen LogP contribution in [0.2, 0.25) is 0 Å². The number of thiol groups is 1. The predicted molar refractivity (Wildman–Crippen MR) is 107 cm³/mol. The van der Waals surface area contributed by atoms with Crippen molar-refractivity contribution in [3.05, 3.63) is 18.2 Å². The lowest BCUT2D eigenvalue weighted by molar-refractivity contribution is -0.144. The van der Waals surface area contributed by atoms with Crippen molar-refractivity contribution < 1.29 is 29.4 Å². The monoisotopic (exact) mass is 442 g/mol. The van der Waals surface area contributed by atoms with Gasteiger partial charge in [0, 0.05) is 30.6 Å². The molecule has 12 nitrogen and oxygen atoms in total. The molecule has 0 saturated carbocycles. The van der Waals surface area contributed by atoms with E-state index in [9.17, 15) is 24.3 Å². The topological polar surface area (TPSA) is 191 Å². The van der Waals surface area contributed by atoms with E-state index in [0.29, 0.717) is 18.5 Å². The maximum absolute atomic E-state index is 12.8. The first-order valence-electron chi connectivity index (χ1n) is 9.37. The number of H-pyrrole nitrogens is 1. The van der Waals surface area contributed by atoms with E-state index in [1.54, 1.807) is 0 Å². The van der Waals surface area contributed by atoms with Crippen molar-refractivity contribution >= 4 is 36.3 Å². The van der Waals surface area contributed by atoms with Gasteiger partial charge in [0.2, 0.25) is 17.7 Å². The number of amides is 3. The Bertz CT molecular complexity index is 760. The quantitative estimate of drug-likeness (QED) is 0.190. The van der Waals surface area contributed by atoms with Crippen LogP contribution in [0.4, 0.5) is 0 Å². The molecule has 0 aromatic carbocycles. The minimum atomic E-state index is -1.28. The number of nitrogens with one attached hydrogen (secondary N) is 3. The van der Waals surface area contributed by atoms with Crippen molar-refractivity contribution in [2.45, 2.75) is 43.4 Å². The van der Waals surface area contributed by atoms with Gasteiger partial charge in [-0.15, -0.1) is 0 Å². The van der Waals surface area contributed by atoms with Gasteiger partial charge in [-0.1, -0.05) is 0 Å². The van der Waals surface area contributed by atoms with Crippen molar-refractivity contribution in [3.63, 3.8) is 0 Å². The zero-order valence-corrected chi connectivity index (χ0v) is 17.0. The fraction of sp³-hybridized carbons (Fsp3) is 0.588. The summed E-state index contributed by atoms with van der Waals surface area (Å²) in [5, 5.41) is 23.4. The number of carbonyl (C=O) groups is 4. The summed E-state index contributed by atoms with van der Waals surface area (Å²) in [6.07, 6.45) is 3.98. The Labute approximate surface area is 178 Å². The SMILES string of the molecule is NC(Cc1cnc[nH]1)C(=O)NC(CO)C(=O)N1CCCC1C(=O)NC(CS)C(=O)O. The van der Waals surface area contributed by atoms with E-state index in [1.165, 1.54) is 17.4 Å². The molecular formula is C17H26N6O6S. The highest BCUT2D eigenvalue weighted by molar-refractivity contribution is 7.80. The van der Waals surface area contributed by atoms with Gasteiger partial charge in [-0.05, 0) is 12.8 Å². The van der Waals surface area contributed by atoms with Crippen LogP contribution in [0.5, 0.6) is 0 Å². The number of aliphatic hydroxyl groups is 1. The summed E-state index contributed by atoms with van der Waals surface area (Å²) in [4.78, 5) is 56.6. The number of imidazole rings is 1. The summed E-state index contributed by atoms with van der Waals surface area (Å²) in [5.41, 5.74) is 6.48. The lowest BCUT2D eigenvalue weighted by atomic mass is 10.1. The van der Waals surface area contributed by atoms with Crippen LogP contribution in [0.1, 0.15) is 18.5 Å². The average Bonchev–Trinajstić information content (AvgIpc) is 3.40. The summed E-state index contributed by atoms with van der Waals surface area (Å²) in [5.74, 6) is -3.25. The molecule has 0 radical (unpaired) electrons. The number of carbonyl (C=O) groups excluding carboxylic acids is 3. The number of aromatic amines is 1. The van der Waals surface area contributed by atoms with E-state index >= 15 is 0 Å². The Balaban J connectivity index is 1.99. The molecule has 0 aliphatic carbocycles. The second-order valence-electron chi connectivity index (χ2n) is 6.90. The minimum Gasteiger partial charge on any atom is -0.480 e.